The molecule has 92 valence electrons. The molecule has 3 heteroatoms. The van der Waals surface area contributed by atoms with Crippen molar-refractivity contribution in [2.45, 2.75) is 37.8 Å². The molecule has 1 aromatic carbocycles. The van der Waals surface area contributed by atoms with Gasteiger partial charge in [-0.05, 0) is 49.9 Å². The van der Waals surface area contributed by atoms with Crippen LogP contribution in [0.25, 0.3) is 0 Å². The molecule has 1 aromatic rings. The minimum Gasteiger partial charge on any atom is -0.490 e. The van der Waals surface area contributed by atoms with E-state index in [-0.39, 0.29) is 0 Å². The molecule has 1 saturated carbocycles. The average molecular weight is 232 g/mol. The second-order valence-electron chi connectivity index (χ2n) is 5.14. The molecule has 1 aliphatic carbocycles. The van der Waals surface area contributed by atoms with Gasteiger partial charge in [-0.1, -0.05) is 0 Å². The summed E-state index contributed by atoms with van der Waals surface area (Å²) in [5.74, 6) is 1.00. The quantitative estimate of drug-likeness (QED) is 0.868. The lowest BCUT2D eigenvalue weighted by molar-refractivity contribution is 0.303. The summed E-state index contributed by atoms with van der Waals surface area (Å²) in [7, 11) is 0. The Morgan fingerprint density at radius 2 is 1.65 bits per heavy atom. The number of nitrogens with zero attached hydrogens (tertiary/aromatic N) is 1. The number of nitrogens with two attached hydrogens (primary N) is 1. The zero-order valence-electron chi connectivity index (χ0n) is 10.1. The van der Waals surface area contributed by atoms with Gasteiger partial charge in [0, 0.05) is 24.8 Å². The monoisotopic (exact) mass is 232 g/mol. The lowest BCUT2D eigenvalue weighted by Crippen LogP contribution is -2.39. The van der Waals surface area contributed by atoms with Crippen molar-refractivity contribution in [3.8, 4) is 5.75 Å². The van der Waals surface area contributed by atoms with E-state index in [1.807, 2.05) is 0 Å². The van der Waals surface area contributed by atoms with E-state index in [9.17, 15) is 0 Å². The van der Waals surface area contributed by atoms with E-state index in [4.69, 9.17) is 10.5 Å². The van der Waals surface area contributed by atoms with E-state index in [1.165, 1.54) is 18.5 Å². The standard InChI is InChI=1S/C14H20N2O/c15-11-7-9-16(10-8-11)12-1-3-13(4-2-12)17-14-5-6-14/h1-4,11,14H,5-10,15H2. The Morgan fingerprint density at radius 3 is 2.24 bits per heavy atom. The van der Waals surface area contributed by atoms with Gasteiger partial charge in [0.2, 0.25) is 0 Å². The fourth-order valence-electron chi connectivity index (χ4n) is 2.27. The molecule has 1 aliphatic heterocycles. The van der Waals surface area contributed by atoms with Crippen molar-refractivity contribution >= 4 is 5.69 Å². The summed E-state index contributed by atoms with van der Waals surface area (Å²) in [5, 5.41) is 0. The van der Waals surface area contributed by atoms with Crippen molar-refractivity contribution in [1.29, 1.82) is 0 Å². The molecule has 17 heavy (non-hydrogen) atoms. The van der Waals surface area contributed by atoms with E-state index < -0.39 is 0 Å². The molecule has 0 bridgehead atoms. The van der Waals surface area contributed by atoms with Gasteiger partial charge in [0.15, 0.2) is 0 Å². The summed E-state index contributed by atoms with van der Waals surface area (Å²) in [4.78, 5) is 2.41. The number of hydrogen-bond acceptors (Lipinski definition) is 3. The molecule has 0 aromatic heterocycles. The number of benzene rings is 1. The van der Waals surface area contributed by atoms with Crippen molar-refractivity contribution in [2.24, 2.45) is 5.73 Å². The second-order valence-corrected chi connectivity index (χ2v) is 5.14. The Balaban J connectivity index is 1.62. The Hall–Kier alpha value is -1.22. The van der Waals surface area contributed by atoms with Gasteiger partial charge in [-0.2, -0.15) is 0 Å². The first-order valence-electron chi connectivity index (χ1n) is 6.58. The van der Waals surface area contributed by atoms with Crippen LogP contribution in [0.4, 0.5) is 5.69 Å². The Labute approximate surface area is 103 Å². The zero-order chi connectivity index (χ0) is 11.7. The van der Waals surface area contributed by atoms with E-state index in [0.717, 1.165) is 31.7 Å². The first kappa shape index (κ1) is 10.9. The fourth-order valence-corrected chi connectivity index (χ4v) is 2.27. The first-order valence-corrected chi connectivity index (χ1v) is 6.58. The molecule has 0 spiro atoms. The minimum atomic E-state index is 0.392. The van der Waals surface area contributed by atoms with Crippen LogP contribution in [-0.4, -0.2) is 25.2 Å². The van der Waals surface area contributed by atoms with Crippen LogP contribution in [0.5, 0.6) is 5.75 Å². The van der Waals surface area contributed by atoms with Crippen molar-refractivity contribution in [1.82, 2.24) is 0 Å². The van der Waals surface area contributed by atoms with Crippen LogP contribution in [0.2, 0.25) is 0 Å². The predicted molar refractivity (Wildman–Crippen MR) is 69.5 cm³/mol. The predicted octanol–water partition coefficient (Wildman–Crippen LogP) is 2.16. The maximum absolute atomic E-state index is 5.91. The number of piperidine rings is 1. The van der Waals surface area contributed by atoms with Crippen LogP contribution < -0.4 is 15.4 Å². The molecule has 2 fully saturated rings. The molecular formula is C14H20N2O. The number of rotatable bonds is 3. The second kappa shape index (κ2) is 4.57. The van der Waals surface area contributed by atoms with Gasteiger partial charge in [0.05, 0.1) is 6.10 Å². The highest BCUT2D eigenvalue weighted by atomic mass is 16.5. The number of anilines is 1. The molecule has 0 atom stereocenters. The summed E-state index contributed by atoms with van der Waals surface area (Å²) in [6.07, 6.45) is 5.10. The maximum atomic E-state index is 5.91. The Morgan fingerprint density at radius 1 is 1.00 bits per heavy atom. The maximum Gasteiger partial charge on any atom is 0.119 e. The number of ether oxygens (including phenoxy) is 1. The molecule has 2 aliphatic rings. The third kappa shape index (κ3) is 2.72. The van der Waals surface area contributed by atoms with Gasteiger partial charge in [-0.15, -0.1) is 0 Å². The van der Waals surface area contributed by atoms with Crippen LogP contribution in [0.15, 0.2) is 24.3 Å². The molecule has 0 amide bonds. The SMILES string of the molecule is NC1CCN(c2ccc(OC3CC3)cc2)CC1. The van der Waals surface area contributed by atoms with Crippen molar-refractivity contribution in [3.05, 3.63) is 24.3 Å². The van der Waals surface area contributed by atoms with Gasteiger partial charge < -0.3 is 15.4 Å². The average Bonchev–Trinajstić information content (AvgIpc) is 3.15. The van der Waals surface area contributed by atoms with E-state index >= 15 is 0 Å². The first-order chi connectivity index (χ1) is 8.31. The highest BCUT2D eigenvalue weighted by Gasteiger charge is 2.23. The summed E-state index contributed by atoms with van der Waals surface area (Å²) in [5.41, 5.74) is 7.21. The summed E-state index contributed by atoms with van der Waals surface area (Å²) < 4.78 is 5.75. The third-order valence-corrected chi connectivity index (χ3v) is 3.57. The molecule has 1 heterocycles. The molecule has 3 nitrogen and oxygen atoms in total. The van der Waals surface area contributed by atoms with Gasteiger partial charge in [0.1, 0.15) is 5.75 Å². The van der Waals surface area contributed by atoms with Crippen LogP contribution in [0, 0.1) is 0 Å². The van der Waals surface area contributed by atoms with Crippen LogP contribution in [-0.2, 0) is 0 Å². The van der Waals surface area contributed by atoms with Crippen molar-refractivity contribution in [3.63, 3.8) is 0 Å². The zero-order valence-corrected chi connectivity index (χ0v) is 10.1. The smallest absolute Gasteiger partial charge is 0.119 e. The topological polar surface area (TPSA) is 38.5 Å². The summed E-state index contributed by atoms with van der Waals surface area (Å²) in [6.45, 7) is 2.15. The van der Waals surface area contributed by atoms with E-state index in [1.54, 1.807) is 0 Å². The number of hydrogen-bond donors (Lipinski definition) is 1. The van der Waals surface area contributed by atoms with Crippen molar-refractivity contribution in [2.75, 3.05) is 18.0 Å². The van der Waals surface area contributed by atoms with Crippen LogP contribution >= 0.6 is 0 Å². The fraction of sp³-hybridized carbons (Fsp3) is 0.571. The lowest BCUT2D eigenvalue weighted by Gasteiger charge is -2.32. The van der Waals surface area contributed by atoms with Gasteiger partial charge in [-0.25, -0.2) is 0 Å². The third-order valence-electron chi connectivity index (χ3n) is 3.57. The highest BCUT2D eigenvalue weighted by molar-refractivity contribution is 5.49. The molecule has 0 unspecified atom stereocenters. The van der Waals surface area contributed by atoms with Gasteiger partial charge in [-0.3, -0.25) is 0 Å². The largest absolute Gasteiger partial charge is 0.490 e. The highest BCUT2D eigenvalue weighted by Crippen LogP contribution is 2.28. The van der Waals surface area contributed by atoms with Crippen LogP contribution in [0.3, 0.4) is 0 Å². The van der Waals surface area contributed by atoms with Crippen LogP contribution in [0.1, 0.15) is 25.7 Å². The molecule has 2 N–H and O–H groups in total. The summed E-state index contributed by atoms with van der Waals surface area (Å²) in [6, 6.07) is 8.89. The Kier molecular flexibility index (Phi) is 2.93. The van der Waals surface area contributed by atoms with E-state index in [2.05, 4.69) is 29.2 Å². The van der Waals surface area contributed by atoms with Crippen molar-refractivity contribution < 1.29 is 4.74 Å². The Bertz CT molecular complexity index is 364. The van der Waals surface area contributed by atoms with Gasteiger partial charge in [0.25, 0.3) is 0 Å². The molecule has 0 radical (unpaired) electrons. The lowest BCUT2D eigenvalue weighted by atomic mass is 10.1. The molecule has 1 saturated heterocycles. The molecular weight excluding hydrogens is 212 g/mol. The summed E-state index contributed by atoms with van der Waals surface area (Å²) >= 11 is 0. The minimum absolute atomic E-state index is 0.392. The normalized spacial score (nSPS) is 21.6. The van der Waals surface area contributed by atoms with E-state index in [0.29, 0.717) is 12.1 Å². The van der Waals surface area contributed by atoms with Gasteiger partial charge >= 0.3 is 0 Å². The molecule has 3 rings (SSSR count).